The molecule has 0 aliphatic rings. The first kappa shape index (κ1) is 11.8. The normalized spacial score (nSPS) is 10.2. The monoisotopic (exact) mass is 268 g/mol. The van der Waals surface area contributed by atoms with Gasteiger partial charge in [-0.3, -0.25) is 10.1 Å². The molecule has 3 N–H and O–H groups in total. The average molecular weight is 269 g/mol. The number of hydrogen-bond acceptors (Lipinski definition) is 5. The van der Waals surface area contributed by atoms with E-state index in [2.05, 4.69) is 15.5 Å². The third-order valence-electron chi connectivity index (χ3n) is 2.01. The van der Waals surface area contributed by atoms with Crippen LogP contribution in [0.15, 0.2) is 18.2 Å². The SMILES string of the molecule is Cc1nnc(NC(=O)c2ccc(N)c(Cl)c2)s1. The van der Waals surface area contributed by atoms with Crippen molar-refractivity contribution in [2.75, 3.05) is 11.1 Å². The molecule has 0 aliphatic heterocycles. The van der Waals surface area contributed by atoms with E-state index in [-0.39, 0.29) is 5.91 Å². The fourth-order valence-corrected chi connectivity index (χ4v) is 1.95. The van der Waals surface area contributed by atoms with Gasteiger partial charge in [0.05, 0.1) is 10.7 Å². The highest BCUT2D eigenvalue weighted by molar-refractivity contribution is 7.15. The summed E-state index contributed by atoms with van der Waals surface area (Å²) in [6.07, 6.45) is 0. The molecule has 0 fully saturated rings. The van der Waals surface area contributed by atoms with Crippen LogP contribution in [0, 0.1) is 6.92 Å². The number of aromatic nitrogens is 2. The summed E-state index contributed by atoms with van der Waals surface area (Å²) in [5, 5.41) is 11.8. The molecule has 0 spiro atoms. The Hall–Kier alpha value is -1.66. The van der Waals surface area contributed by atoms with Crippen LogP contribution in [0.3, 0.4) is 0 Å². The van der Waals surface area contributed by atoms with E-state index in [0.717, 1.165) is 5.01 Å². The van der Waals surface area contributed by atoms with E-state index in [0.29, 0.717) is 21.4 Å². The maximum absolute atomic E-state index is 11.8. The van der Waals surface area contributed by atoms with Crippen LogP contribution < -0.4 is 11.1 Å². The number of nitrogen functional groups attached to an aromatic ring is 1. The highest BCUT2D eigenvalue weighted by Gasteiger charge is 2.10. The molecule has 0 saturated carbocycles. The number of aryl methyl sites for hydroxylation is 1. The van der Waals surface area contributed by atoms with Gasteiger partial charge in [-0.1, -0.05) is 22.9 Å². The van der Waals surface area contributed by atoms with Crippen molar-refractivity contribution in [3.05, 3.63) is 33.8 Å². The van der Waals surface area contributed by atoms with Crippen LogP contribution in [0.1, 0.15) is 15.4 Å². The van der Waals surface area contributed by atoms with Gasteiger partial charge >= 0.3 is 0 Å². The van der Waals surface area contributed by atoms with E-state index in [1.165, 1.54) is 17.4 Å². The summed E-state index contributed by atoms with van der Waals surface area (Å²) in [7, 11) is 0. The van der Waals surface area contributed by atoms with Gasteiger partial charge in [-0.15, -0.1) is 10.2 Å². The minimum absolute atomic E-state index is 0.289. The lowest BCUT2D eigenvalue weighted by Gasteiger charge is -2.03. The van der Waals surface area contributed by atoms with Gasteiger partial charge in [-0.2, -0.15) is 0 Å². The molecule has 1 aromatic carbocycles. The number of amides is 1. The van der Waals surface area contributed by atoms with Gasteiger partial charge in [0.25, 0.3) is 5.91 Å². The molecule has 0 radical (unpaired) electrons. The number of carbonyl (C=O) groups excluding carboxylic acids is 1. The van der Waals surface area contributed by atoms with E-state index in [1.807, 2.05) is 6.92 Å². The Morgan fingerprint density at radius 1 is 1.47 bits per heavy atom. The molecule has 0 atom stereocenters. The number of halogens is 1. The number of nitrogens with two attached hydrogens (primary N) is 1. The maximum atomic E-state index is 11.8. The number of nitrogens with zero attached hydrogens (tertiary/aromatic N) is 2. The number of nitrogens with one attached hydrogen (secondary N) is 1. The van der Waals surface area contributed by atoms with Gasteiger partial charge < -0.3 is 5.73 Å². The highest BCUT2D eigenvalue weighted by Crippen LogP contribution is 2.21. The molecule has 0 bridgehead atoms. The summed E-state index contributed by atoms with van der Waals surface area (Å²) >= 11 is 7.14. The van der Waals surface area contributed by atoms with Crippen molar-refractivity contribution in [3.8, 4) is 0 Å². The standard InChI is InChI=1S/C10H9ClN4OS/c1-5-14-15-10(17-5)13-9(16)6-2-3-8(12)7(11)4-6/h2-4H,12H2,1H3,(H,13,15,16). The second-order valence-corrected chi connectivity index (χ2v) is 4.91. The second kappa shape index (κ2) is 4.68. The summed E-state index contributed by atoms with van der Waals surface area (Å²) in [6, 6.07) is 4.70. The lowest BCUT2D eigenvalue weighted by Crippen LogP contribution is -2.11. The van der Waals surface area contributed by atoms with Crippen LogP contribution in [-0.4, -0.2) is 16.1 Å². The quantitative estimate of drug-likeness (QED) is 0.819. The predicted octanol–water partition coefficient (Wildman–Crippen LogP) is 2.33. The van der Waals surface area contributed by atoms with Crippen molar-refractivity contribution < 1.29 is 4.79 Å². The predicted molar refractivity (Wildman–Crippen MR) is 68.5 cm³/mol. The molecule has 2 rings (SSSR count). The maximum Gasteiger partial charge on any atom is 0.257 e. The number of benzene rings is 1. The topological polar surface area (TPSA) is 80.9 Å². The average Bonchev–Trinajstić information content (AvgIpc) is 2.68. The van der Waals surface area contributed by atoms with Gasteiger partial charge in [0.15, 0.2) is 0 Å². The van der Waals surface area contributed by atoms with Crippen LogP contribution in [0.5, 0.6) is 0 Å². The van der Waals surface area contributed by atoms with Crippen molar-refractivity contribution >= 4 is 39.7 Å². The van der Waals surface area contributed by atoms with Crippen LogP contribution in [0.4, 0.5) is 10.8 Å². The largest absolute Gasteiger partial charge is 0.398 e. The Morgan fingerprint density at radius 2 is 2.24 bits per heavy atom. The zero-order valence-corrected chi connectivity index (χ0v) is 10.5. The Labute approximate surface area is 107 Å². The first-order valence-corrected chi connectivity index (χ1v) is 5.92. The van der Waals surface area contributed by atoms with Crippen LogP contribution in [0.25, 0.3) is 0 Å². The van der Waals surface area contributed by atoms with E-state index in [1.54, 1.807) is 12.1 Å². The summed E-state index contributed by atoms with van der Waals surface area (Å²) in [5.74, 6) is -0.289. The molecule has 0 unspecified atom stereocenters. The molecule has 5 nitrogen and oxygen atoms in total. The summed E-state index contributed by atoms with van der Waals surface area (Å²) < 4.78 is 0. The van der Waals surface area contributed by atoms with Gasteiger partial charge in [0, 0.05) is 5.56 Å². The second-order valence-electron chi connectivity index (χ2n) is 3.32. The van der Waals surface area contributed by atoms with Crippen LogP contribution in [0.2, 0.25) is 5.02 Å². The van der Waals surface area contributed by atoms with E-state index in [4.69, 9.17) is 17.3 Å². The van der Waals surface area contributed by atoms with Gasteiger partial charge in [-0.25, -0.2) is 0 Å². The Morgan fingerprint density at radius 3 is 2.82 bits per heavy atom. The fraction of sp³-hybridized carbons (Fsp3) is 0.100. The molecule has 1 aromatic heterocycles. The number of carbonyl (C=O) groups is 1. The van der Waals surface area contributed by atoms with Crippen LogP contribution in [-0.2, 0) is 0 Å². The highest BCUT2D eigenvalue weighted by atomic mass is 35.5. The first-order chi connectivity index (χ1) is 8.06. The molecule has 1 amide bonds. The molecule has 0 saturated heterocycles. The van der Waals surface area contributed by atoms with Gasteiger partial charge in [-0.05, 0) is 25.1 Å². The van der Waals surface area contributed by atoms with Crippen LogP contribution >= 0.6 is 22.9 Å². The van der Waals surface area contributed by atoms with Crippen molar-refractivity contribution in [1.29, 1.82) is 0 Å². The number of anilines is 2. The lowest BCUT2D eigenvalue weighted by atomic mass is 10.2. The summed E-state index contributed by atoms with van der Waals surface area (Å²) in [6.45, 7) is 1.81. The Bertz CT molecular complexity index is 569. The van der Waals surface area contributed by atoms with Gasteiger partial charge in [0.1, 0.15) is 5.01 Å². The van der Waals surface area contributed by atoms with Gasteiger partial charge in [0.2, 0.25) is 5.13 Å². The zero-order chi connectivity index (χ0) is 12.4. The molecule has 2 aromatic rings. The van der Waals surface area contributed by atoms with E-state index in [9.17, 15) is 4.79 Å². The van der Waals surface area contributed by atoms with Crippen molar-refractivity contribution in [2.45, 2.75) is 6.92 Å². The minimum Gasteiger partial charge on any atom is -0.398 e. The van der Waals surface area contributed by atoms with Crippen molar-refractivity contribution in [1.82, 2.24) is 10.2 Å². The molecular weight excluding hydrogens is 260 g/mol. The Balaban J connectivity index is 2.17. The zero-order valence-electron chi connectivity index (χ0n) is 8.90. The lowest BCUT2D eigenvalue weighted by molar-refractivity contribution is 0.102. The third-order valence-corrected chi connectivity index (χ3v) is 3.09. The summed E-state index contributed by atoms with van der Waals surface area (Å²) in [4.78, 5) is 11.8. The molecule has 1 heterocycles. The molecule has 0 aliphatic carbocycles. The Kier molecular flexibility index (Phi) is 3.26. The van der Waals surface area contributed by atoms with E-state index >= 15 is 0 Å². The number of hydrogen-bond donors (Lipinski definition) is 2. The first-order valence-electron chi connectivity index (χ1n) is 4.73. The smallest absolute Gasteiger partial charge is 0.257 e. The van der Waals surface area contributed by atoms with Crippen molar-refractivity contribution in [3.63, 3.8) is 0 Å². The summed E-state index contributed by atoms with van der Waals surface area (Å²) in [5.41, 5.74) is 6.43. The molecule has 17 heavy (non-hydrogen) atoms. The third kappa shape index (κ3) is 2.72. The molecule has 7 heteroatoms. The number of rotatable bonds is 2. The molecule has 88 valence electrons. The fourth-order valence-electron chi connectivity index (χ4n) is 1.18. The molecular formula is C10H9ClN4OS. The van der Waals surface area contributed by atoms with Crippen molar-refractivity contribution in [2.24, 2.45) is 0 Å². The van der Waals surface area contributed by atoms with E-state index < -0.39 is 0 Å². The minimum atomic E-state index is -0.289.